The summed E-state index contributed by atoms with van der Waals surface area (Å²) in [6.07, 6.45) is 1.71. The molecular formula is C27H20Cl4N2O. The summed E-state index contributed by atoms with van der Waals surface area (Å²) in [5.41, 5.74) is 5.19. The Labute approximate surface area is 218 Å². The SMILES string of the molecule is C=CN(Cc1ccc(Cl)cc1Cl)/C(=C(\C)c1ccccc1)c1c(C(=O)Cl)[nH]c2cc(Cl)ccc12. The van der Waals surface area contributed by atoms with E-state index >= 15 is 0 Å². The van der Waals surface area contributed by atoms with E-state index in [1.807, 2.05) is 54.3 Å². The molecule has 0 saturated heterocycles. The summed E-state index contributed by atoms with van der Waals surface area (Å²) in [5.74, 6) is 0. The summed E-state index contributed by atoms with van der Waals surface area (Å²) < 4.78 is 0. The number of aromatic nitrogens is 1. The lowest BCUT2D eigenvalue weighted by molar-refractivity contribution is 0.107. The highest BCUT2D eigenvalue weighted by atomic mass is 35.5. The van der Waals surface area contributed by atoms with Crippen molar-refractivity contribution in [2.24, 2.45) is 0 Å². The Morgan fingerprint density at radius 1 is 1.00 bits per heavy atom. The Kier molecular flexibility index (Phi) is 7.39. The first kappa shape index (κ1) is 24.4. The third kappa shape index (κ3) is 4.89. The molecule has 7 heteroatoms. The fourth-order valence-corrected chi connectivity index (χ4v) is 4.78. The fraction of sp³-hybridized carbons (Fsp3) is 0.0741. The van der Waals surface area contributed by atoms with Crippen molar-refractivity contribution in [1.29, 1.82) is 0 Å². The Bertz CT molecular complexity index is 1420. The minimum atomic E-state index is -0.603. The monoisotopic (exact) mass is 528 g/mol. The molecule has 3 aromatic carbocycles. The predicted octanol–water partition coefficient (Wildman–Crippen LogP) is 9.04. The van der Waals surface area contributed by atoms with Gasteiger partial charge in [-0.1, -0.05) is 83.8 Å². The second-order valence-electron chi connectivity index (χ2n) is 7.72. The molecule has 0 bridgehead atoms. The summed E-state index contributed by atoms with van der Waals surface area (Å²) >= 11 is 24.9. The number of hydrogen-bond donors (Lipinski definition) is 1. The topological polar surface area (TPSA) is 36.1 Å². The van der Waals surface area contributed by atoms with Gasteiger partial charge < -0.3 is 9.88 Å². The zero-order chi connectivity index (χ0) is 24.4. The molecule has 3 nitrogen and oxygen atoms in total. The van der Waals surface area contributed by atoms with Crippen LogP contribution in [-0.4, -0.2) is 15.1 Å². The van der Waals surface area contributed by atoms with E-state index in [4.69, 9.17) is 46.4 Å². The largest absolute Gasteiger partial charge is 0.350 e. The summed E-state index contributed by atoms with van der Waals surface area (Å²) in [5, 5.41) is 1.85. The minimum absolute atomic E-state index is 0.276. The summed E-state index contributed by atoms with van der Waals surface area (Å²) in [7, 11) is 0. The van der Waals surface area contributed by atoms with Crippen LogP contribution in [0.5, 0.6) is 0 Å². The molecule has 4 aromatic rings. The normalized spacial score (nSPS) is 11.9. The number of allylic oxidation sites excluding steroid dienone is 1. The van der Waals surface area contributed by atoms with Crippen molar-refractivity contribution in [3.8, 4) is 0 Å². The van der Waals surface area contributed by atoms with E-state index in [2.05, 4.69) is 11.6 Å². The van der Waals surface area contributed by atoms with Crippen molar-refractivity contribution in [2.75, 3.05) is 0 Å². The maximum atomic E-state index is 12.5. The molecule has 34 heavy (non-hydrogen) atoms. The molecule has 0 aliphatic heterocycles. The number of hydrogen-bond acceptors (Lipinski definition) is 2. The standard InChI is InChI=1S/C27H20Cl4N2O/c1-3-33(15-18-9-10-19(28)13-22(18)30)26(16(2)17-7-5-4-6-8-17)24-21-12-11-20(29)14-23(21)32-25(24)27(31)34/h3-14,32H,1,15H2,2H3/b26-16+. The van der Waals surface area contributed by atoms with Crippen LogP contribution in [0.1, 0.15) is 34.1 Å². The molecule has 0 radical (unpaired) electrons. The van der Waals surface area contributed by atoms with Crippen LogP contribution in [0.2, 0.25) is 15.1 Å². The molecule has 1 heterocycles. The summed E-state index contributed by atoms with van der Waals surface area (Å²) in [6.45, 7) is 6.45. The zero-order valence-corrected chi connectivity index (χ0v) is 21.2. The second kappa shape index (κ2) is 10.3. The highest BCUT2D eigenvalue weighted by Crippen LogP contribution is 2.39. The number of fused-ring (bicyclic) bond motifs is 1. The zero-order valence-electron chi connectivity index (χ0n) is 18.2. The van der Waals surface area contributed by atoms with Crippen LogP contribution in [0, 0.1) is 0 Å². The average Bonchev–Trinajstić information content (AvgIpc) is 3.19. The number of H-pyrrole nitrogens is 1. The van der Waals surface area contributed by atoms with E-state index in [-0.39, 0.29) is 5.69 Å². The Morgan fingerprint density at radius 2 is 1.68 bits per heavy atom. The number of benzene rings is 3. The molecule has 4 rings (SSSR count). The predicted molar refractivity (Wildman–Crippen MR) is 145 cm³/mol. The molecule has 0 amide bonds. The maximum absolute atomic E-state index is 12.5. The van der Waals surface area contributed by atoms with Gasteiger partial charge in [-0.2, -0.15) is 0 Å². The lowest BCUT2D eigenvalue weighted by Crippen LogP contribution is -2.18. The van der Waals surface area contributed by atoms with Crippen molar-refractivity contribution < 1.29 is 4.79 Å². The number of halogens is 4. The number of nitrogens with zero attached hydrogens (tertiary/aromatic N) is 1. The first-order valence-corrected chi connectivity index (χ1v) is 11.9. The Morgan fingerprint density at radius 3 is 2.32 bits per heavy atom. The van der Waals surface area contributed by atoms with E-state index in [1.54, 1.807) is 30.5 Å². The lowest BCUT2D eigenvalue weighted by Gasteiger charge is -2.27. The highest BCUT2D eigenvalue weighted by molar-refractivity contribution is 6.68. The number of aromatic amines is 1. The van der Waals surface area contributed by atoms with Gasteiger partial charge >= 0.3 is 0 Å². The van der Waals surface area contributed by atoms with Gasteiger partial charge in [-0.15, -0.1) is 0 Å². The van der Waals surface area contributed by atoms with Gasteiger partial charge in [-0.3, -0.25) is 4.79 Å². The van der Waals surface area contributed by atoms with Crippen LogP contribution in [0.3, 0.4) is 0 Å². The fourth-order valence-electron chi connectivity index (χ4n) is 4.00. The van der Waals surface area contributed by atoms with E-state index < -0.39 is 5.24 Å². The lowest BCUT2D eigenvalue weighted by atomic mass is 9.97. The minimum Gasteiger partial charge on any atom is -0.350 e. The molecule has 172 valence electrons. The molecule has 0 aliphatic carbocycles. The maximum Gasteiger partial charge on any atom is 0.269 e. The smallest absolute Gasteiger partial charge is 0.269 e. The number of carbonyl (C=O) groups excluding carboxylic acids is 1. The van der Waals surface area contributed by atoms with Crippen molar-refractivity contribution in [1.82, 2.24) is 9.88 Å². The van der Waals surface area contributed by atoms with Crippen LogP contribution in [0.25, 0.3) is 22.2 Å². The molecule has 1 N–H and O–H groups in total. The Balaban J connectivity index is 2.01. The van der Waals surface area contributed by atoms with E-state index in [1.165, 1.54) is 0 Å². The second-order valence-corrected chi connectivity index (χ2v) is 9.35. The molecule has 0 spiro atoms. The first-order valence-electron chi connectivity index (χ1n) is 10.4. The number of carbonyl (C=O) groups is 1. The van der Waals surface area contributed by atoms with Gasteiger partial charge in [-0.05, 0) is 65.7 Å². The van der Waals surface area contributed by atoms with Crippen LogP contribution in [0.4, 0.5) is 0 Å². The van der Waals surface area contributed by atoms with Crippen molar-refractivity contribution in [2.45, 2.75) is 13.5 Å². The molecule has 0 atom stereocenters. The van der Waals surface area contributed by atoms with Gasteiger partial charge in [-0.25, -0.2) is 0 Å². The summed E-state index contributed by atoms with van der Waals surface area (Å²) in [6, 6.07) is 20.7. The molecule has 1 aromatic heterocycles. The van der Waals surface area contributed by atoms with Crippen LogP contribution >= 0.6 is 46.4 Å². The molecular weight excluding hydrogens is 510 g/mol. The Hall–Kier alpha value is -2.69. The molecule has 0 saturated carbocycles. The summed E-state index contributed by atoms with van der Waals surface area (Å²) in [4.78, 5) is 17.6. The molecule has 0 fully saturated rings. The van der Waals surface area contributed by atoms with Gasteiger partial charge in [0, 0.05) is 38.1 Å². The molecule has 0 aliphatic rings. The van der Waals surface area contributed by atoms with Crippen LogP contribution < -0.4 is 0 Å². The quantitative estimate of drug-likeness (QED) is 0.242. The third-order valence-electron chi connectivity index (χ3n) is 5.62. The van der Waals surface area contributed by atoms with Gasteiger partial charge in [0.15, 0.2) is 0 Å². The van der Waals surface area contributed by atoms with Crippen LogP contribution in [0.15, 0.2) is 79.5 Å². The van der Waals surface area contributed by atoms with Crippen molar-refractivity contribution in [3.63, 3.8) is 0 Å². The third-order valence-corrected chi connectivity index (χ3v) is 6.63. The van der Waals surface area contributed by atoms with Gasteiger partial charge in [0.25, 0.3) is 5.24 Å². The number of nitrogens with one attached hydrogen (secondary N) is 1. The van der Waals surface area contributed by atoms with Gasteiger partial charge in [0.2, 0.25) is 0 Å². The van der Waals surface area contributed by atoms with Crippen molar-refractivity contribution in [3.05, 3.63) is 117 Å². The average molecular weight is 530 g/mol. The van der Waals surface area contributed by atoms with Gasteiger partial charge in [0.05, 0.1) is 5.70 Å². The highest BCUT2D eigenvalue weighted by Gasteiger charge is 2.25. The van der Waals surface area contributed by atoms with E-state index in [0.717, 1.165) is 27.8 Å². The number of rotatable bonds is 7. The van der Waals surface area contributed by atoms with Crippen LogP contribution in [-0.2, 0) is 6.54 Å². The van der Waals surface area contributed by atoms with E-state index in [9.17, 15) is 4.79 Å². The van der Waals surface area contributed by atoms with E-state index in [0.29, 0.717) is 32.7 Å². The molecule has 0 unspecified atom stereocenters. The van der Waals surface area contributed by atoms with Crippen molar-refractivity contribution >= 4 is 73.8 Å². The van der Waals surface area contributed by atoms with Gasteiger partial charge in [0.1, 0.15) is 5.69 Å². The first-order chi connectivity index (χ1) is 16.3.